The van der Waals surface area contributed by atoms with Crippen LogP contribution in [0.1, 0.15) is 5.56 Å². The van der Waals surface area contributed by atoms with Crippen LogP contribution in [0.15, 0.2) is 30.3 Å². The Morgan fingerprint density at radius 3 is 2.14 bits per heavy atom. The van der Waals surface area contributed by atoms with E-state index in [2.05, 4.69) is 4.29 Å². The first-order valence-corrected chi connectivity index (χ1v) is 4.42. The van der Waals surface area contributed by atoms with E-state index < -0.39 is 10.3 Å². The van der Waals surface area contributed by atoms with Gasteiger partial charge >= 0.3 is 5.97 Å². The number of benzene rings is 1. The maximum atomic E-state index is 11.0. The predicted octanol–water partition coefficient (Wildman–Crippen LogP) is 3.44. The lowest BCUT2D eigenvalue weighted by molar-refractivity contribution is -0.134. The second kappa shape index (κ2) is 5.66. The van der Waals surface area contributed by atoms with Crippen LogP contribution < -0.4 is 0 Å². The zero-order valence-electron chi connectivity index (χ0n) is 6.75. The molecule has 6 heteroatoms. The molecule has 0 aliphatic rings. The van der Waals surface area contributed by atoms with Gasteiger partial charge in [-0.1, -0.05) is 53.5 Å². The topological polar surface area (TPSA) is 26.3 Å². The first-order chi connectivity index (χ1) is 6.09. The molecule has 1 aromatic carbocycles. The number of hydrogen-bond donors (Lipinski definition) is 0. The Morgan fingerprint density at radius 2 is 1.71 bits per heavy atom. The summed E-state index contributed by atoms with van der Waals surface area (Å²) in [5, 5.41) is 0. The number of halogens is 4. The van der Waals surface area contributed by atoms with Crippen molar-refractivity contribution in [2.24, 2.45) is 0 Å². The normalized spacial score (nSPS) is 10.2. The van der Waals surface area contributed by atoms with E-state index in [0.717, 1.165) is 0 Å². The fourth-order valence-electron chi connectivity index (χ4n) is 0.814. The Kier molecular flexibility index (Phi) is 5.60. The molecule has 14 heavy (non-hydrogen) atoms. The van der Waals surface area contributed by atoms with Crippen LogP contribution in [-0.2, 0) is 13.4 Å². The van der Waals surface area contributed by atoms with Crippen molar-refractivity contribution in [1.82, 2.24) is 0 Å². The zero-order valence-corrected chi connectivity index (χ0v) is 9.83. The number of rotatable bonds is 2. The van der Waals surface area contributed by atoms with Gasteiger partial charge in [0.25, 0.3) is 0 Å². The molecule has 0 aliphatic heterocycles. The third-order valence-electron chi connectivity index (χ3n) is 1.46. The van der Waals surface area contributed by atoms with Gasteiger partial charge in [0, 0.05) is 0 Å². The average Bonchev–Trinajstić information content (AvgIpc) is 2.18. The molecule has 0 fully saturated rings. The highest BCUT2D eigenvalue weighted by atomic mass is 35.5. The molecule has 0 N–H and O–H groups in total. The molecule has 1 rings (SSSR count). The van der Waals surface area contributed by atoms with Gasteiger partial charge in [0.05, 0.1) is 0 Å². The summed E-state index contributed by atoms with van der Waals surface area (Å²) in [6.07, 6.45) is 0. The van der Waals surface area contributed by atoms with Gasteiger partial charge in [-0.3, -0.25) is 0 Å². The third kappa shape index (κ3) is 2.92. The van der Waals surface area contributed by atoms with E-state index >= 15 is 0 Å². The highest BCUT2D eigenvalue weighted by Crippen LogP contribution is 2.35. The Hall–Kier alpha value is -0.150. The molecule has 0 radical (unpaired) electrons. The Morgan fingerprint density at radius 1 is 1.21 bits per heavy atom. The molecule has 0 heterocycles. The summed E-state index contributed by atoms with van der Waals surface area (Å²) in [6.45, 7) is 0. The average molecular weight is 276 g/mol. The van der Waals surface area contributed by atoms with Crippen LogP contribution in [0, 0.1) is 0 Å². The lowest BCUT2D eigenvalue weighted by atomic mass is 10.1. The molecule has 0 aromatic heterocycles. The minimum atomic E-state index is -1.75. The molecule has 0 saturated heterocycles. The fraction of sp³-hybridized carbons (Fsp3) is 0.125. The van der Waals surface area contributed by atoms with Crippen LogP contribution in [0.5, 0.6) is 0 Å². The number of alkyl halides is 2. The minimum Gasteiger partial charge on any atom is -0.344 e. The van der Waals surface area contributed by atoms with E-state index in [4.69, 9.17) is 35.1 Å². The third-order valence-corrected chi connectivity index (χ3v) is 2.35. The lowest BCUT2D eigenvalue weighted by Crippen LogP contribution is -2.23. The maximum absolute atomic E-state index is 11.0. The summed E-state index contributed by atoms with van der Waals surface area (Å²) >= 11 is 16.3. The van der Waals surface area contributed by atoms with Crippen LogP contribution in [0.2, 0.25) is 0 Å². The van der Waals surface area contributed by atoms with Gasteiger partial charge in [0.2, 0.25) is 4.33 Å². The van der Waals surface area contributed by atoms with Crippen molar-refractivity contribution < 1.29 is 9.08 Å². The molecule has 1 aromatic rings. The van der Waals surface area contributed by atoms with E-state index in [9.17, 15) is 4.79 Å². The van der Waals surface area contributed by atoms with Gasteiger partial charge < -0.3 is 4.29 Å². The van der Waals surface area contributed by atoms with E-state index in [1.54, 1.807) is 30.3 Å². The quantitative estimate of drug-likeness (QED) is 0.773. The molecular formula is C8H6Cl4O2. The second-order valence-corrected chi connectivity index (χ2v) is 3.79. The van der Waals surface area contributed by atoms with Gasteiger partial charge in [0.15, 0.2) is 0 Å². The van der Waals surface area contributed by atoms with Crippen LogP contribution in [0.3, 0.4) is 0 Å². The summed E-state index contributed by atoms with van der Waals surface area (Å²) in [5.74, 6) is -0.913. The first kappa shape index (κ1) is 13.8. The van der Waals surface area contributed by atoms with Crippen molar-refractivity contribution >= 4 is 53.4 Å². The molecule has 0 saturated carbocycles. The van der Waals surface area contributed by atoms with Crippen molar-refractivity contribution in [3.63, 3.8) is 0 Å². The van der Waals surface area contributed by atoms with Crippen LogP contribution in [0.4, 0.5) is 0 Å². The molecule has 0 bridgehead atoms. The molecule has 78 valence electrons. The van der Waals surface area contributed by atoms with Crippen molar-refractivity contribution in [3.05, 3.63) is 35.9 Å². The fourth-order valence-corrected chi connectivity index (χ4v) is 1.34. The summed E-state index contributed by atoms with van der Waals surface area (Å²) < 4.78 is 2.19. The Bertz CT molecular complexity index is 299. The summed E-state index contributed by atoms with van der Waals surface area (Å²) in [5.41, 5.74) is 0.420. The van der Waals surface area contributed by atoms with Crippen molar-refractivity contribution in [3.8, 4) is 0 Å². The van der Waals surface area contributed by atoms with Crippen molar-refractivity contribution in [2.75, 3.05) is 0 Å². The van der Waals surface area contributed by atoms with E-state index in [0.29, 0.717) is 5.56 Å². The summed E-state index contributed by atoms with van der Waals surface area (Å²) in [4.78, 5) is 11.0. The Balaban J connectivity index is 0.00000169. The van der Waals surface area contributed by atoms with Gasteiger partial charge in [-0.25, -0.2) is 4.79 Å². The van der Waals surface area contributed by atoms with Gasteiger partial charge in [-0.05, 0) is 5.56 Å². The van der Waals surface area contributed by atoms with Gasteiger partial charge in [-0.2, -0.15) is 0 Å². The molecule has 0 amide bonds. The maximum Gasteiger partial charge on any atom is 0.365 e. The van der Waals surface area contributed by atoms with Gasteiger partial charge in [-0.15, -0.1) is 12.4 Å². The monoisotopic (exact) mass is 274 g/mol. The molecule has 0 spiro atoms. The van der Waals surface area contributed by atoms with Crippen molar-refractivity contribution in [2.45, 2.75) is 4.33 Å². The Labute approximate surface area is 103 Å². The SMILES string of the molecule is Cl.O=C(OCl)C(Cl)(Cl)c1ccccc1. The predicted molar refractivity (Wildman–Crippen MR) is 59.0 cm³/mol. The van der Waals surface area contributed by atoms with Gasteiger partial charge in [0.1, 0.15) is 11.9 Å². The second-order valence-electron chi connectivity index (χ2n) is 2.31. The lowest BCUT2D eigenvalue weighted by Gasteiger charge is -2.14. The highest BCUT2D eigenvalue weighted by molar-refractivity contribution is 6.57. The molecule has 0 aliphatic carbocycles. The molecule has 2 nitrogen and oxygen atoms in total. The first-order valence-electron chi connectivity index (χ1n) is 3.35. The molecular weight excluding hydrogens is 270 g/mol. The van der Waals surface area contributed by atoms with Crippen LogP contribution in [0.25, 0.3) is 0 Å². The molecule has 0 atom stereocenters. The molecule has 0 unspecified atom stereocenters. The number of carbonyl (C=O) groups is 1. The van der Waals surface area contributed by atoms with E-state index in [-0.39, 0.29) is 12.4 Å². The number of hydrogen-bond acceptors (Lipinski definition) is 2. The number of carbonyl (C=O) groups excluding carboxylic acids is 1. The van der Waals surface area contributed by atoms with E-state index in [1.165, 1.54) is 0 Å². The zero-order chi connectivity index (χ0) is 9.90. The highest BCUT2D eigenvalue weighted by Gasteiger charge is 2.37. The van der Waals surface area contributed by atoms with Crippen molar-refractivity contribution in [1.29, 1.82) is 0 Å². The largest absolute Gasteiger partial charge is 0.365 e. The summed E-state index contributed by atoms with van der Waals surface area (Å²) in [7, 11) is 0. The van der Waals surface area contributed by atoms with E-state index in [1.807, 2.05) is 0 Å². The smallest absolute Gasteiger partial charge is 0.344 e. The summed E-state index contributed by atoms with van der Waals surface area (Å²) in [6, 6.07) is 8.40. The standard InChI is InChI=1S/C8H5Cl3O2.ClH/c9-8(10,7(12)13-11)6-4-2-1-3-5-6;/h1-5H;1H. The minimum absolute atomic E-state index is 0. The van der Waals surface area contributed by atoms with Crippen LogP contribution in [-0.4, -0.2) is 5.97 Å². The van der Waals surface area contributed by atoms with Crippen LogP contribution >= 0.6 is 47.5 Å².